The van der Waals surface area contributed by atoms with Crippen molar-refractivity contribution in [1.29, 1.82) is 0 Å². The smallest absolute Gasteiger partial charge is 0.311 e. The van der Waals surface area contributed by atoms with Crippen molar-refractivity contribution in [2.75, 3.05) is 7.11 Å². The Hall–Kier alpha value is -1.91. The number of esters is 1. The third-order valence-electron chi connectivity index (χ3n) is 13.2. The Labute approximate surface area is 222 Å². The molecule has 1 aromatic heterocycles. The summed E-state index contributed by atoms with van der Waals surface area (Å²) < 4.78 is 11.1. The monoisotopic (exact) mass is 507 g/mol. The number of fused-ring (bicyclic) bond motifs is 8. The van der Waals surface area contributed by atoms with Gasteiger partial charge in [-0.05, 0) is 97.9 Å². The van der Waals surface area contributed by atoms with Gasteiger partial charge in [0.25, 0.3) is 0 Å². The standard InChI is InChI=1S/C32H45NO4/c1-27(2)23-9-10-32(7)24(30(23,5)16-19-18-33-37-25(19)27)22(34)15-20-21-17-29(4,26(35)36-8)12-11-28(21,3)13-14-31(20,32)6/h15,18,21,23-24H,9-14,16-17H2,1-8H3/t21-,23+,24-,28-,29+,30-,31+,32-/m1/s1. The third-order valence-corrected chi connectivity index (χ3v) is 13.2. The van der Waals surface area contributed by atoms with Gasteiger partial charge < -0.3 is 9.26 Å². The number of allylic oxidation sites excluding steroid dienone is 2. The summed E-state index contributed by atoms with van der Waals surface area (Å²) in [6, 6.07) is 0. The molecule has 5 aliphatic carbocycles. The number of hydrogen-bond acceptors (Lipinski definition) is 5. The van der Waals surface area contributed by atoms with E-state index in [4.69, 9.17) is 9.26 Å². The summed E-state index contributed by atoms with van der Waals surface area (Å²) in [5.41, 5.74) is 1.68. The summed E-state index contributed by atoms with van der Waals surface area (Å²) in [5, 5.41) is 4.19. The molecule has 0 aliphatic heterocycles. The maximum Gasteiger partial charge on any atom is 0.311 e. The van der Waals surface area contributed by atoms with Crippen LogP contribution in [-0.4, -0.2) is 24.0 Å². The zero-order valence-electron chi connectivity index (χ0n) is 24.1. The van der Waals surface area contributed by atoms with Crippen molar-refractivity contribution in [2.45, 2.75) is 105 Å². The van der Waals surface area contributed by atoms with Crippen molar-refractivity contribution >= 4 is 11.8 Å². The summed E-state index contributed by atoms with van der Waals surface area (Å²) in [6.45, 7) is 16.4. The van der Waals surface area contributed by atoms with Gasteiger partial charge in [-0.25, -0.2) is 0 Å². The van der Waals surface area contributed by atoms with Crippen LogP contribution in [0.5, 0.6) is 0 Å². The highest BCUT2D eigenvalue weighted by atomic mass is 16.5. The molecule has 3 saturated carbocycles. The minimum Gasteiger partial charge on any atom is -0.469 e. The molecule has 6 rings (SSSR count). The average molecular weight is 508 g/mol. The number of ether oxygens (including phenoxy) is 1. The van der Waals surface area contributed by atoms with E-state index in [2.05, 4.69) is 59.7 Å². The molecule has 5 heteroatoms. The van der Waals surface area contributed by atoms with E-state index in [-0.39, 0.29) is 44.9 Å². The van der Waals surface area contributed by atoms with Crippen molar-refractivity contribution in [1.82, 2.24) is 5.16 Å². The van der Waals surface area contributed by atoms with Crippen LogP contribution in [0.4, 0.5) is 0 Å². The fourth-order valence-corrected chi connectivity index (χ4v) is 10.9. The quantitative estimate of drug-likeness (QED) is 0.389. The molecule has 202 valence electrons. The first-order valence-corrected chi connectivity index (χ1v) is 14.4. The summed E-state index contributed by atoms with van der Waals surface area (Å²) in [5.74, 6) is 1.80. The molecule has 1 heterocycles. The molecule has 0 spiro atoms. The molecule has 0 saturated heterocycles. The molecule has 0 radical (unpaired) electrons. The van der Waals surface area contributed by atoms with Gasteiger partial charge in [0, 0.05) is 16.9 Å². The van der Waals surface area contributed by atoms with Crippen LogP contribution in [0, 0.1) is 44.8 Å². The number of methoxy groups -OCH3 is 1. The second-order valence-corrected chi connectivity index (χ2v) is 15.3. The molecule has 0 unspecified atom stereocenters. The van der Waals surface area contributed by atoms with E-state index in [1.165, 1.54) is 18.2 Å². The molecule has 0 N–H and O–H groups in total. The summed E-state index contributed by atoms with van der Waals surface area (Å²) >= 11 is 0. The molecule has 1 aromatic rings. The fourth-order valence-electron chi connectivity index (χ4n) is 10.9. The minimum absolute atomic E-state index is 0.0326. The lowest BCUT2D eigenvalue weighted by atomic mass is 9.33. The molecule has 5 nitrogen and oxygen atoms in total. The van der Waals surface area contributed by atoms with Crippen LogP contribution in [0.1, 0.15) is 105 Å². The van der Waals surface area contributed by atoms with Gasteiger partial charge in [0.1, 0.15) is 5.76 Å². The zero-order chi connectivity index (χ0) is 26.8. The molecule has 5 aliphatic rings. The van der Waals surface area contributed by atoms with Crippen molar-refractivity contribution in [3.63, 3.8) is 0 Å². The van der Waals surface area contributed by atoms with E-state index in [0.29, 0.717) is 11.7 Å². The van der Waals surface area contributed by atoms with Crippen LogP contribution < -0.4 is 0 Å². The Balaban J connectivity index is 1.47. The first kappa shape index (κ1) is 25.4. The number of nitrogens with zero attached hydrogens (tertiary/aromatic N) is 1. The van der Waals surface area contributed by atoms with Gasteiger partial charge in [-0.2, -0.15) is 0 Å². The highest BCUT2D eigenvalue weighted by Gasteiger charge is 2.70. The summed E-state index contributed by atoms with van der Waals surface area (Å²) in [6.07, 6.45) is 11.9. The Morgan fingerprint density at radius 3 is 2.43 bits per heavy atom. The van der Waals surface area contributed by atoms with E-state index >= 15 is 0 Å². The van der Waals surface area contributed by atoms with Gasteiger partial charge in [0.05, 0.1) is 18.7 Å². The molecular weight excluding hydrogens is 462 g/mol. The molecule has 37 heavy (non-hydrogen) atoms. The number of carbonyl (C=O) groups excluding carboxylic acids is 2. The lowest BCUT2D eigenvalue weighted by Crippen LogP contribution is -2.66. The second-order valence-electron chi connectivity index (χ2n) is 15.3. The molecule has 0 bridgehead atoms. The first-order chi connectivity index (χ1) is 17.2. The van der Waals surface area contributed by atoms with Gasteiger partial charge in [0.2, 0.25) is 0 Å². The van der Waals surface area contributed by atoms with Crippen molar-refractivity contribution in [3.8, 4) is 0 Å². The number of rotatable bonds is 1. The van der Waals surface area contributed by atoms with E-state index < -0.39 is 5.41 Å². The molecule has 0 amide bonds. The predicted octanol–water partition coefficient (Wildman–Crippen LogP) is 6.84. The van der Waals surface area contributed by atoms with Gasteiger partial charge >= 0.3 is 5.97 Å². The van der Waals surface area contributed by atoms with E-state index in [9.17, 15) is 9.59 Å². The zero-order valence-corrected chi connectivity index (χ0v) is 24.1. The van der Waals surface area contributed by atoms with Gasteiger partial charge in [-0.15, -0.1) is 0 Å². The highest BCUT2D eigenvalue weighted by molar-refractivity contribution is 5.96. The largest absolute Gasteiger partial charge is 0.469 e. The minimum atomic E-state index is -0.486. The van der Waals surface area contributed by atoms with Crippen molar-refractivity contribution < 1.29 is 18.8 Å². The van der Waals surface area contributed by atoms with Crippen LogP contribution in [0.2, 0.25) is 0 Å². The fraction of sp³-hybridized carbons (Fsp3) is 0.781. The third kappa shape index (κ3) is 2.95. The highest BCUT2D eigenvalue weighted by Crippen LogP contribution is 2.74. The number of ketones is 1. The Morgan fingerprint density at radius 2 is 1.73 bits per heavy atom. The lowest BCUT2D eigenvalue weighted by molar-refractivity contribution is -0.175. The van der Waals surface area contributed by atoms with Crippen molar-refractivity contribution in [3.05, 3.63) is 29.2 Å². The van der Waals surface area contributed by atoms with E-state index in [0.717, 1.165) is 57.1 Å². The SMILES string of the molecule is COC(=O)[C@@]1(C)CC[C@]2(C)CC[C@@]3(C)C(=CC(=O)[C@@H]4[C@]5(C)Cc6cnoc6C(C)(C)[C@@H]5CC[C@]43C)[C@H]2C1. The van der Waals surface area contributed by atoms with Gasteiger partial charge in [-0.1, -0.05) is 52.3 Å². The summed E-state index contributed by atoms with van der Waals surface area (Å²) in [4.78, 5) is 27.4. The van der Waals surface area contributed by atoms with Gasteiger partial charge in [-0.3, -0.25) is 9.59 Å². The van der Waals surface area contributed by atoms with Crippen LogP contribution in [0.3, 0.4) is 0 Å². The van der Waals surface area contributed by atoms with Crippen molar-refractivity contribution in [2.24, 2.45) is 44.8 Å². The molecular formula is C32H45NO4. The Bertz CT molecular complexity index is 1210. The predicted molar refractivity (Wildman–Crippen MR) is 142 cm³/mol. The normalized spacial score (nSPS) is 47.9. The lowest BCUT2D eigenvalue weighted by Gasteiger charge is -2.69. The van der Waals surface area contributed by atoms with E-state index in [1.807, 2.05) is 6.20 Å². The van der Waals surface area contributed by atoms with E-state index in [1.54, 1.807) is 0 Å². The molecule has 8 atom stereocenters. The van der Waals surface area contributed by atoms with Crippen LogP contribution >= 0.6 is 0 Å². The van der Waals surface area contributed by atoms with Crippen LogP contribution in [0.25, 0.3) is 0 Å². The maximum atomic E-state index is 14.5. The number of carbonyl (C=O) groups is 2. The first-order valence-electron chi connectivity index (χ1n) is 14.4. The number of hydrogen-bond donors (Lipinski definition) is 0. The summed E-state index contributed by atoms with van der Waals surface area (Å²) in [7, 11) is 1.51. The second kappa shape index (κ2) is 7.39. The topological polar surface area (TPSA) is 69.4 Å². The maximum absolute atomic E-state index is 14.5. The van der Waals surface area contributed by atoms with Crippen LogP contribution in [0.15, 0.2) is 22.4 Å². The molecule has 3 fully saturated rings. The average Bonchev–Trinajstić information content (AvgIpc) is 3.29. The van der Waals surface area contributed by atoms with Gasteiger partial charge in [0.15, 0.2) is 5.78 Å². The number of aromatic nitrogens is 1. The van der Waals surface area contributed by atoms with Crippen LogP contribution in [-0.2, 0) is 26.2 Å². The molecule has 0 aromatic carbocycles. The Kier molecular flexibility index (Phi) is 5.06. The Morgan fingerprint density at radius 1 is 1.03 bits per heavy atom.